The second-order valence-corrected chi connectivity index (χ2v) is 5.21. The van der Waals surface area contributed by atoms with Gasteiger partial charge in [0.1, 0.15) is 5.82 Å². The fourth-order valence-electron chi connectivity index (χ4n) is 1.93. The summed E-state index contributed by atoms with van der Waals surface area (Å²) in [5.41, 5.74) is 13.7. The summed E-state index contributed by atoms with van der Waals surface area (Å²) < 4.78 is 15.4. The highest BCUT2D eigenvalue weighted by molar-refractivity contribution is 9.10. The van der Waals surface area contributed by atoms with Gasteiger partial charge in [0.2, 0.25) is 0 Å². The first-order valence-electron chi connectivity index (χ1n) is 5.95. The molecule has 0 aliphatic carbocycles. The van der Waals surface area contributed by atoms with Crippen LogP contribution in [0.25, 0.3) is 17.1 Å². The van der Waals surface area contributed by atoms with E-state index in [4.69, 9.17) is 11.5 Å². The maximum Gasteiger partial charge on any atom is 0.189 e. The Morgan fingerprint density at radius 3 is 2.62 bits per heavy atom. The highest BCUT2D eigenvalue weighted by atomic mass is 79.9. The van der Waals surface area contributed by atoms with Crippen molar-refractivity contribution in [3.63, 3.8) is 0 Å². The number of nitrogens with two attached hydrogens (primary N) is 2. The molecule has 3 rings (SSSR count). The van der Waals surface area contributed by atoms with Gasteiger partial charge < -0.3 is 11.5 Å². The largest absolute Gasteiger partial charge is 0.399 e. The van der Waals surface area contributed by atoms with Gasteiger partial charge in [-0.05, 0) is 56.7 Å². The first kappa shape index (κ1) is 13.5. The zero-order valence-electron chi connectivity index (χ0n) is 10.7. The topological polar surface area (TPSA) is 95.6 Å². The lowest BCUT2D eigenvalue weighted by molar-refractivity contribution is 0.618. The Morgan fingerprint density at radius 1 is 1.10 bits per heavy atom. The summed E-state index contributed by atoms with van der Waals surface area (Å²) >= 11 is 3.11. The van der Waals surface area contributed by atoms with Gasteiger partial charge in [0.15, 0.2) is 5.82 Å². The van der Waals surface area contributed by atoms with Crippen molar-refractivity contribution >= 4 is 27.3 Å². The summed E-state index contributed by atoms with van der Waals surface area (Å²) in [6.45, 7) is 0. The third-order valence-electron chi connectivity index (χ3n) is 2.93. The van der Waals surface area contributed by atoms with Crippen LogP contribution in [0, 0.1) is 5.82 Å². The lowest BCUT2D eigenvalue weighted by Gasteiger charge is -2.08. The number of nitrogen functional groups attached to an aromatic ring is 2. The molecule has 0 unspecified atom stereocenters. The van der Waals surface area contributed by atoms with Crippen molar-refractivity contribution < 1.29 is 4.39 Å². The minimum atomic E-state index is -0.403. The molecule has 0 atom stereocenters. The number of aromatic nitrogens is 4. The molecule has 0 aliphatic rings. The Balaban J connectivity index is 2.14. The normalized spacial score (nSPS) is 10.8. The Kier molecular flexibility index (Phi) is 3.30. The van der Waals surface area contributed by atoms with E-state index in [-0.39, 0.29) is 0 Å². The highest BCUT2D eigenvalue weighted by Gasteiger charge is 2.14. The van der Waals surface area contributed by atoms with Crippen LogP contribution in [-0.2, 0) is 0 Å². The summed E-state index contributed by atoms with van der Waals surface area (Å²) in [4.78, 5) is 0. The molecular formula is C13H10BrFN6. The first-order chi connectivity index (χ1) is 10.1. The SMILES string of the molecule is Nc1ccc(-c2nnnn2-c2ccc(Br)c(F)c2)c(N)c1. The third-order valence-corrected chi connectivity index (χ3v) is 3.58. The molecule has 0 bridgehead atoms. The average Bonchev–Trinajstić information content (AvgIpc) is 2.91. The van der Waals surface area contributed by atoms with E-state index < -0.39 is 5.82 Å². The van der Waals surface area contributed by atoms with Crippen molar-refractivity contribution in [3.05, 3.63) is 46.7 Å². The number of nitrogens with zero attached hydrogens (tertiary/aromatic N) is 4. The van der Waals surface area contributed by atoms with Crippen LogP contribution >= 0.6 is 15.9 Å². The van der Waals surface area contributed by atoms with Crippen molar-refractivity contribution in [2.45, 2.75) is 0 Å². The Hall–Kier alpha value is -2.48. The number of anilines is 2. The lowest BCUT2D eigenvalue weighted by Crippen LogP contribution is -2.02. The third kappa shape index (κ3) is 2.45. The Morgan fingerprint density at radius 2 is 1.90 bits per heavy atom. The predicted molar refractivity (Wildman–Crippen MR) is 81.1 cm³/mol. The summed E-state index contributed by atoms with van der Waals surface area (Å²) in [7, 11) is 0. The molecule has 0 saturated carbocycles. The minimum Gasteiger partial charge on any atom is -0.399 e. The monoisotopic (exact) mass is 348 g/mol. The summed E-state index contributed by atoms with van der Waals surface area (Å²) in [5, 5.41) is 11.5. The van der Waals surface area contributed by atoms with Crippen LogP contribution in [0.2, 0.25) is 0 Å². The number of rotatable bonds is 2. The zero-order chi connectivity index (χ0) is 15.0. The Bertz CT molecular complexity index is 816. The van der Waals surface area contributed by atoms with E-state index in [0.29, 0.717) is 32.9 Å². The molecule has 0 spiro atoms. The molecule has 8 heteroatoms. The maximum absolute atomic E-state index is 13.7. The average molecular weight is 349 g/mol. The molecule has 2 aromatic carbocycles. The van der Waals surface area contributed by atoms with Crippen LogP contribution in [0.15, 0.2) is 40.9 Å². The number of hydrogen-bond donors (Lipinski definition) is 2. The van der Waals surface area contributed by atoms with E-state index in [1.54, 1.807) is 30.3 Å². The van der Waals surface area contributed by atoms with Crippen LogP contribution in [-0.4, -0.2) is 20.2 Å². The molecule has 0 fully saturated rings. The summed E-state index contributed by atoms with van der Waals surface area (Å²) in [5.74, 6) is 0.00782. The van der Waals surface area contributed by atoms with E-state index in [0.717, 1.165) is 0 Å². The van der Waals surface area contributed by atoms with Crippen molar-refractivity contribution in [2.75, 3.05) is 11.5 Å². The van der Waals surface area contributed by atoms with Gasteiger partial charge in [0, 0.05) is 23.0 Å². The van der Waals surface area contributed by atoms with Gasteiger partial charge in [0.25, 0.3) is 0 Å². The van der Waals surface area contributed by atoms with E-state index in [2.05, 4.69) is 31.5 Å². The van der Waals surface area contributed by atoms with Crippen LogP contribution < -0.4 is 11.5 Å². The lowest BCUT2D eigenvalue weighted by atomic mass is 10.1. The molecule has 0 saturated heterocycles. The molecule has 1 heterocycles. The fourth-order valence-corrected chi connectivity index (χ4v) is 2.18. The second-order valence-electron chi connectivity index (χ2n) is 4.36. The molecule has 0 radical (unpaired) electrons. The van der Waals surface area contributed by atoms with Crippen LogP contribution in [0.4, 0.5) is 15.8 Å². The molecule has 3 aromatic rings. The quantitative estimate of drug-likeness (QED) is 0.693. The predicted octanol–water partition coefficient (Wildman–Crippen LogP) is 2.40. The minimum absolute atomic E-state index is 0.368. The van der Waals surface area contributed by atoms with Crippen molar-refractivity contribution in [3.8, 4) is 17.1 Å². The summed E-state index contributed by atoms with van der Waals surface area (Å²) in [6.07, 6.45) is 0. The maximum atomic E-state index is 13.7. The number of halogens is 2. The summed E-state index contributed by atoms with van der Waals surface area (Å²) in [6, 6.07) is 9.66. The first-order valence-corrected chi connectivity index (χ1v) is 6.75. The van der Waals surface area contributed by atoms with Crippen LogP contribution in [0.5, 0.6) is 0 Å². The van der Waals surface area contributed by atoms with E-state index >= 15 is 0 Å². The van der Waals surface area contributed by atoms with Gasteiger partial charge in [0.05, 0.1) is 10.2 Å². The van der Waals surface area contributed by atoms with E-state index in [9.17, 15) is 4.39 Å². The van der Waals surface area contributed by atoms with Gasteiger partial charge in [-0.1, -0.05) is 0 Å². The number of tetrazole rings is 1. The Labute approximate surface area is 127 Å². The van der Waals surface area contributed by atoms with Gasteiger partial charge in [-0.2, -0.15) is 4.68 Å². The van der Waals surface area contributed by atoms with Gasteiger partial charge >= 0.3 is 0 Å². The number of benzene rings is 2. The zero-order valence-corrected chi connectivity index (χ0v) is 12.2. The van der Waals surface area contributed by atoms with Gasteiger partial charge in [-0.15, -0.1) is 5.10 Å². The van der Waals surface area contributed by atoms with E-state index in [1.807, 2.05) is 0 Å². The molecule has 106 valence electrons. The van der Waals surface area contributed by atoms with Crippen molar-refractivity contribution in [1.82, 2.24) is 20.2 Å². The smallest absolute Gasteiger partial charge is 0.189 e. The molecular weight excluding hydrogens is 339 g/mol. The molecule has 0 amide bonds. The fraction of sp³-hybridized carbons (Fsp3) is 0. The molecule has 1 aromatic heterocycles. The second kappa shape index (κ2) is 5.13. The van der Waals surface area contributed by atoms with Gasteiger partial charge in [-0.25, -0.2) is 4.39 Å². The van der Waals surface area contributed by atoms with Crippen LogP contribution in [0.1, 0.15) is 0 Å². The van der Waals surface area contributed by atoms with Gasteiger partial charge in [-0.3, -0.25) is 0 Å². The molecule has 0 aliphatic heterocycles. The highest BCUT2D eigenvalue weighted by Crippen LogP contribution is 2.28. The standard InChI is InChI=1S/C13H10BrFN6/c14-10-4-2-8(6-11(10)15)21-13(18-19-20-21)9-3-1-7(16)5-12(9)17/h1-6H,16-17H2. The molecule has 21 heavy (non-hydrogen) atoms. The molecule has 4 N–H and O–H groups in total. The number of hydrogen-bond acceptors (Lipinski definition) is 5. The van der Waals surface area contributed by atoms with Crippen LogP contribution in [0.3, 0.4) is 0 Å². The van der Waals surface area contributed by atoms with E-state index in [1.165, 1.54) is 10.7 Å². The van der Waals surface area contributed by atoms with Crippen molar-refractivity contribution in [1.29, 1.82) is 0 Å². The van der Waals surface area contributed by atoms with Crippen molar-refractivity contribution in [2.24, 2.45) is 0 Å². The molecule has 6 nitrogen and oxygen atoms in total.